The Morgan fingerprint density at radius 2 is 1.83 bits per heavy atom. The predicted octanol–water partition coefficient (Wildman–Crippen LogP) is 1.28. The summed E-state index contributed by atoms with van der Waals surface area (Å²) < 4.78 is 25.4. The van der Waals surface area contributed by atoms with E-state index in [0.29, 0.717) is 0 Å². The van der Waals surface area contributed by atoms with Gasteiger partial charge >= 0.3 is 10.1 Å². The molecule has 12 heavy (non-hydrogen) atoms. The molecule has 0 aromatic carbocycles. The van der Waals surface area contributed by atoms with Gasteiger partial charge in [-0.3, -0.25) is 4.28 Å². The second-order valence-electron chi connectivity index (χ2n) is 3.00. The zero-order valence-electron chi connectivity index (χ0n) is 7.12. The van der Waals surface area contributed by atoms with Crippen molar-refractivity contribution in [1.82, 2.24) is 0 Å². The Labute approximate surface area is 72.7 Å². The lowest BCUT2D eigenvalue weighted by Crippen LogP contribution is -2.07. The van der Waals surface area contributed by atoms with E-state index in [1.807, 2.05) is 0 Å². The first-order valence-electron chi connectivity index (χ1n) is 4.02. The van der Waals surface area contributed by atoms with Gasteiger partial charge in [0.05, 0.1) is 12.0 Å². The maximum atomic E-state index is 10.5. The monoisotopic (exact) mass is 191 g/mol. The molecule has 0 atom stereocenters. The number of hydrogen-bond acceptors (Lipinski definition) is 4. The normalized spacial score (nSPS) is 18.9. The fraction of sp³-hybridized carbons (Fsp3) is 0.857. The van der Waals surface area contributed by atoms with Crippen LogP contribution in [-0.4, -0.2) is 20.4 Å². The Morgan fingerprint density at radius 3 is 2.33 bits per heavy atom. The van der Waals surface area contributed by atoms with Gasteiger partial charge in [-0.1, -0.05) is 11.6 Å². The second kappa shape index (κ2) is 3.89. The lowest BCUT2D eigenvalue weighted by atomic mass is 9.99. The highest BCUT2D eigenvalue weighted by atomic mass is 32.2. The minimum atomic E-state index is -3.41. The first-order chi connectivity index (χ1) is 5.58. The van der Waals surface area contributed by atoms with Crippen LogP contribution < -0.4 is 0 Å². The highest BCUT2D eigenvalue weighted by molar-refractivity contribution is 7.85. The average molecular weight is 191 g/mol. The van der Waals surface area contributed by atoms with Gasteiger partial charge in [0.15, 0.2) is 0 Å². The molecule has 5 heteroatoms. The summed E-state index contributed by atoms with van der Waals surface area (Å²) in [6, 6.07) is 0. The van der Waals surface area contributed by atoms with Gasteiger partial charge in [0.25, 0.3) is 0 Å². The predicted molar refractivity (Wildman–Crippen MR) is 46.4 cm³/mol. The van der Waals surface area contributed by atoms with Crippen LogP contribution in [0.15, 0.2) is 5.16 Å². The molecule has 1 rings (SSSR count). The van der Waals surface area contributed by atoms with Crippen molar-refractivity contribution in [3.05, 3.63) is 0 Å². The van der Waals surface area contributed by atoms with Crippen molar-refractivity contribution in [2.75, 3.05) is 6.26 Å². The molecule has 1 aliphatic carbocycles. The number of oxime groups is 1. The fourth-order valence-corrected chi connectivity index (χ4v) is 1.41. The highest BCUT2D eigenvalue weighted by Crippen LogP contribution is 2.15. The van der Waals surface area contributed by atoms with Gasteiger partial charge in [0.2, 0.25) is 0 Å². The van der Waals surface area contributed by atoms with E-state index in [0.717, 1.165) is 37.7 Å². The molecule has 0 unspecified atom stereocenters. The van der Waals surface area contributed by atoms with Crippen molar-refractivity contribution >= 4 is 15.8 Å². The third-order valence-corrected chi connectivity index (χ3v) is 2.08. The Kier molecular flexibility index (Phi) is 3.08. The lowest BCUT2D eigenvalue weighted by molar-refractivity contribution is 0.339. The van der Waals surface area contributed by atoms with E-state index >= 15 is 0 Å². The summed E-state index contributed by atoms with van der Waals surface area (Å²) >= 11 is 0. The third-order valence-electron chi connectivity index (χ3n) is 1.73. The molecule has 0 amide bonds. The molecule has 0 aromatic heterocycles. The molecule has 0 bridgehead atoms. The summed E-state index contributed by atoms with van der Waals surface area (Å²) in [5.74, 6) is 0. The smallest absolute Gasteiger partial charge is 0.269 e. The van der Waals surface area contributed by atoms with Crippen molar-refractivity contribution in [2.45, 2.75) is 32.1 Å². The van der Waals surface area contributed by atoms with E-state index in [1.54, 1.807) is 0 Å². The largest absolute Gasteiger partial charge is 0.325 e. The first kappa shape index (κ1) is 9.51. The standard InChI is InChI=1S/C7H13NO3S/c1-12(9,10)11-8-7-5-3-2-4-6-7/h2-6H2,1H3. The van der Waals surface area contributed by atoms with E-state index in [9.17, 15) is 8.42 Å². The van der Waals surface area contributed by atoms with Gasteiger partial charge in [-0.15, -0.1) is 0 Å². The molecule has 0 aliphatic heterocycles. The molecular formula is C7H13NO3S. The summed E-state index contributed by atoms with van der Waals surface area (Å²) in [4.78, 5) is 0. The molecule has 0 heterocycles. The summed E-state index contributed by atoms with van der Waals surface area (Å²) in [5, 5.41) is 3.58. The lowest BCUT2D eigenvalue weighted by Gasteiger charge is -2.10. The van der Waals surface area contributed by atoms with Crippen molar-refractivity contribution in [1.29, 1.82) is 0 Å². The van der Waals surface area contributed by atoms with Crippen molar-refractivity contribution in [3.8, 4) is 0 Å². The van der Waals surface area contributed by atoms with Gasteiger partial charge in [-0.2, -0.15) is 8.42 Å². The van der Waals surface area contributed by atoms with E-state index in [4.69, 9.17) is 0 Å². The fourth-order valence-electron chi connectivity index (χ4n) is 1.17. The summed E-state index contributed by atoms with van der Waals surface area (Å²) in [6.45, 7) is 0. The van der Waals surface area contributed by atoms with E-state index in [1.165, 1.54) is 6.42 Å². The number of rotatable bonds is 2. The molecule has 4 nitrogen and oxygen atoms in total. The Morgan fingerprint density at radius 1 is 1.25 bits per heavy atom. The maximum absolute atomic E-state index is 10.5. The van der Waals surface area contributed by atoms with Gasteiger partial charge in [0, 0.05) is 0 Å². The van der Waals surface area contributed by atoms with Gasteiger partial charge in [-0.25, -0.2) is 0 Å². The van der Waals surface area contributed by atoms with Crippen LogP contribution in [-0.2, 0) is 14.4 Å². The Balaban J connectivity index is 2.45. The van der Waals surface area contributed by atoms with Crippen LogP contribution >= 0.6 is 0 Å². The van der Waals surface area contributed by atoms with Crippen LogP contribution in [0, 0.1) is 0 Å². The molecule has 0 aromatic rings. The SMILES string of the molecule is CS(=O)(=O)ON=C1CCCCC1. The molecule has 0 N–H and O–H groups in total. The van der Waals surface area contributed by atoms with Crippen molar-refractivity contribution < 1.29 is 12.7 Å². The van der Waals surface area contributed by atoms with E-state index in [2.05, 4.69) is 9.44 Å². The van der Waals surface area contributed by atoms with Crippen LogP contribution in [0.25, 0.3) is 0 Å². The maximum Gasteiger partial charge on any atom is 0.325 e. The molecule has 1 fully saturated rings. The number of nitrogens with zero attached hydrogens (tertiary/aromatic N) is 1. The molecule has 70 valence electrons. The quantitative estimate of drug-likeness (QED) is 0.618. The molecule has 1 saturated carbocycles. The Bertz CT molecular complexity index is 260. The first-order valence-corrected chi connectivity index (χ1v) is 5.84. The summed E-state index contributed by atoms with van der Waals surface area (Å²) in [5.41, 5.74) is 0.867. The van der Waals surface area contributed by atoms with Crippen LogP contribution in [0.4, 0.5) is 0 Å². The molecular weight excluding hydrogens is 178 g/mol. The topological polar surface area (TPSA) is 55.7 Å². The average Bonchev–Trinajstić information content (AvgIpc) is 2.02. The van der Waals surface area contributed by atoms with Crippen molar-refractivity contribution in [3.63, 3.8) is 0 Å². The minimum Gasteiger partial charge on any atom is -0.269 e. The third kappa shape index (κ3) is 3.71. The summed E-state index contributed by atoms with van der Waals surface area (Å²) in [6.07, 6.45) is 6.13. The molecule has 0 radical (unpaired) electrons. The van der Waals surface area contributed by atoms with Gasteiger partial charge in [-0.05, 0) is 25.7 Å². The zero-order valence-corrected chi connectivity index (χ0v) is 7.93. The summed E-state index contributed by atoms with van der Waals surface area (Å²) in [7, 11) is -3.41. The van der Waals surface area contributed by atoms with E-state index < -0.39 is 10.1 Å². The van der Waals surface area contributed by atoms with Crippen LogP contribution in [0.1, 0.15) is 32.1 Å². The molecule has 0 saturated heterocycles. The molecule has 0 spiro atoms. The highest BCUT2D eigenvalue weighted by Gasteiger charge is 2.08. The van der Waals surface area contributed by atoms with Crippen LogP contribution in [0.5, 0.6) is 0 Å². The van der Waals surface area contributed by atoms with Gasteiger partial charge in [0.1, 0.15) is 0 Å². The Hall–Kier alpha value is -0.580. The van der Waals surface area contributed by atoms with Crippen LogP contribution in [0.2, 0.25) is 0 Å². The minimum absolute atomic E-state index is 0.867. The molecule has 1 aliphatic rings. The van der Waals surface area contributed by atoms with Gasteiger partial charge < -0.3 is 0 Å². The zero-order chi connectivity index (χ0) is 9.03. The number of hydrogen-bond donors (Lipinski definition) is 0. The van der Waals surface area contributed by atoms with Crippen LogP contribution in [0.3, 0.4) is 0 Å². The van der Waals surface area contributed by atoms with Crippen molar-refractivity contribution in [2.24, 2.45) is 5.16 Å². The second-order valence-corrected chi connectivity index (χ2v) is 4.55. The van der Waals surface area contributed by atoms with E-state index in [-0.39, 0.29) is 0 Å².